The van der Waals surface area contributed by atoms with Gasteiger partial charge in [-0.2, -0.15) is 4.37 Å². The molecule has 1 aromatic rings. The highest BCUT2D eigenvalue weighted by Gasteiger charge is 2.31. The lowest BCUT2D eigenvalue weighted by atomic mass is 10.2. The third-order valence-corrected chi connectivity index (χ3v) is 3.92. The number of nitrogens with two attached hydrogens (primary N) is 1. The van der Waals surface area contributed by atoms with Crippen molar-refractivity contribution in [3.05, 3.63) is 5.56 Å². The van der Waals surface area contributed by atoms with Crippen LogP contribution in [0.25, 0.3) is 0 Å². The van der Waals surface area contributed by atoms with Crippen LogP contribution in [0.15, 0.2) is 0 Å². The van der Waals surface area contributed by atoms with Crippen molar-refractivity contribution in [2.24, 2.45) is 0 Å². The van der Waals surface area contributed by atoms with Gasteiger partial charge in [-0.15, -0.1) is 0 Å². The van der Waals surface area contributed by atoms with Crippen LogP contribution in [0.4, 0.5) is 10.8 Å². The fourth-order valence-electron chi connectivity index (χ4n) is 1.95. The van der Waals surface area contributed by atoms with E-state index in [4.69, 9.17) is 10.8 Å². The molecule has 0 amide bonds. The highest BCUT2D eigenvalue weighted by atomic mass is 32.1. The number of hydrogen-bond acceptors (Lipinski definition) is 5. The van der Waals surface area contributed by atoms with Crippen LogP contribution >= 0.6 is 11.5 Å². The monoisotopic (exact) mass is 241 g/mol. The van der Waals surface area contributed by atoms with Gasteiger partial charge in [-0.05, 0) is 43.6 Å². The summed E-state index contributed by atoms with van der Waals surface area (Å²) in [5.74, 6) is 1.35. The second-order valence-electron chi connectivity index (χ2n) is 4.22. The normalized spacial score (nSPS) is 15.4. The Hall–Kier alpha value is -0.810. The molecule has 0 atom stereocenters. The van der Waals surface area contributed by atoms with Crippen LogP contribution in [0.1, 0.15) is 37.7 Å². The summed E-state index contributed by atoms with van der Waals surface area (Å²) in [6, 6.07) is 0. The summed E-state index contributed by atoms with van der Waals surface area (Å²) in [7, 11) is 0. The molecule has 16 heavy (non-hydrogen) atoms. The number of anilines is 2. The predicted molar refractivity (Wildman–Crippen MR) is 68.1 cm³/mol. The molecule has 0 unspecified atom stereocenters. The van der Waals surface area contributed by atoms with Crippen molar-refractivity contribution in [2.75, 3.05) is 30.3 Å². The maximum absolute atomic E-state index is 8.89. The maximum Gasteiger partial charge on any atom is 0.142 e. The van der Waals surface area contributed by atoms with Gasteiger partial charge in [-0.3, -0.25) is 0 Å². The van der Waals surface area contributed by atoms with Gasteiger partial charge in [0.05, 0.1) is 0 Å². The molecule has 1 aliphatic carbocycles. The van der Waals surface area contributed by atoms with E-state index < -0.39 is 0 Å². The van der Waals surface area contributed by atoms with E-state index in [1.54, 1.807) is 0 Å². The Kier molecular flexibility index (Phi) is 3.66. The molecule has 5 heteroatoms. The first-order chi connectivity index (χ1) is 7.77. The molecule has 1 saturated carbocycles. The number of hydrogen-bond donors (Lipinski definition) is 2. The first-order valence-corrected chi connectivity index (χ1v) is 6.66. The quantitative estimate of drug-likeness (QED) is 0.797. The summed E-state index contributed by atoms with van der Waals surface area (Å²) < 4.78 is 4.27. The Balaban J connectivity index is 2.16. The van der Waals surface area contributed by atoms with Gasteiger partial charge in [0.15, 0.2) is 0 Å². The van der Waals surface area contributed by atoms with Crippen molar-refractivity contribution in [2.45, 2.75) is 32.1 Å². The van der Waals surface area contributed by atoms with Gasteiger partial charge in [-0.1, -0.05) is 0 Å². The number of nitrogens with zero attached hydrogens (tertiary/aromatic N) is 2. The van der Waals surface area contributed by atoms with Crippen LogP contribution < -0.4 is 10.6 Å². The van der Waals surface area contributed by atoms with E-state index in [-0.39, 0.29) is 6.61 Å². The van der Waals surface area contributed by atoms with Crippen LogP contribution in [0, 0.1) is 0 Å². The molecule has 0 spiro atoms. The molecular formula is C11H19N3OS. The molecule has 1 heterocycles. The van der Waals surface area contributed by atoms with E-state index in [1.807, 2.05) is 0 Å². The van der Waals surface area contributed by atoms with Gasteiger partial charge < -0.3 is 15.7 Å². The van der Waals surface area contributed by atoms with Crippen LogP contribution in [0.5, 0.6) is 0 Å². The summed E-state index contributed by atoms with van der Waals surface area (Å²) in [6.45, 7) is 4.20. The Bertz CT molecular complexity index is 349. The Morgan fingerprint density at radius 1 is 1.56 bits per heavy atom. The zero-order valence-corrected chi connectivity index (χ0v) is 10.5. The van der Waals surface area contributed by atoms with Crippen LogP contribution in [-0.2, 0) is 0 Å². The minimum atomic E-state index is 0.240. The molecule has 0 aromatic carbocycles. The number of aliphatic hydroxyl groups excluding tert-OH is 1. The lowest BCUT2D eigenvalue weighted by Gasteiger charge is -2.21. The van der Waals surface area contributed by atoms with E-state index in [1.165, 1.54) is 34.9 Å². The minimum absolute atomic E-state index is 0.240. The van der Waals surface area contributed by atoms with Crippen molar-refractivity contribution in [1.29, 1.82) is 0 Å². The van der Waals surface area contributed by atoms with Gasteiger partial charge in [0.25, 0.3) is 0 Å². The SMILES string of the molecule is CCN(CCCO)c1snc(N)c1C1CC1. The Morgan fingerprint density at radius 2 is 2.31 bits per heavy atom. The van der Waals surface area contributed by atoms with Gasteiger partial charge in [-0.25, -0.2) is 0 Å². The first-order valence-electron chi connectivity index (χ1n) is 5.88. The minimum Gasteiger partial charge on any atom is -0.396 e. The van der Waals surface area contributed by atoms with E-state index >= 15 is 0 Å². The van der Waals surface area contributed by atoms with E-state index in [9.17, 15) is 0 Å². The topological polar surface area (TPSA) is 62.4 Å². The average Bonchev–Trinajstić information content (AvgIpc) is 3.05. The van der Waals surface area contributed by atoms with Gasteiger partial charge in [0.2, 0.25) is 0 Å². The largest absolute Gasteiger partial charge is 0.396 e. The average molecular weight is 241 g/mol. The summed E-state index contributed by atoms with van der Waals surface area (Å²) in [4.78, 5) is 2.28. The lowest BCUT2D eigenvalue weighted by Crippen LogP contribution is -2.24. The van der Waals surface area contributed by atoms with Gasteiger partial charge >= 0.3 is 0 Å². The van der Waals surface area contributed by atoms with Crippen molar-refractivity contribution >= 4 is 22.4 Å². The highest BCUT2D eigenvalue weighted by molar-refractivity contribution is 7.10. The second-order valence-corrected chi connectivity index (χ2v) is 4.97. The smallest absolute Gasteiger partial charge is 0.142 e. The number of aliphatic hydroxyl groups is 1. The third-order valence-electron chi connectivity index (χ3n) is 2.98. The van der Waals surface area contributed by atoms with Crippen LogP contribution in [-0.4, -0.2) is 29.2 Å². The standard InChI is InChI=1S/C11H19N3OS/c1-2-14(6-3-7-15)11-9(8-4-5-8)10(12)13-16-11/h8,15H,2-7H2,1H3,(H2,12,13). The maximum atomic E-state index is 8.89. The molecular weight excluding hydrogens is 222 g/mol. The van der Waals surface area contributed by atoms with Crippen molar-refractivity contribution in [3.63, 3.8) is 0 Å². The van der Waals surface area contributed by atoms with Crippen molar-refractivity contribution in [3.8, 4) is 0 Å². The van der Waals surface area contributed by atoms with Crippen LogP contribution in [0.2, 0.25) is 0 Å². The fourth-order valence-corrected chi connectivity index (χ4v) is 2.94. The van der Waals surface area contributed by atoms with Crippen LogP contribution in [0.3, 0.4) is 0 Å². The lowest BCUT2D eigenvalue weighted by molar-refractivity contribution is 0.290. The first kappa shape index (κ1) is 11.7. The summed E-state index contributed by atoms with van der Waals surface area (Å²) in [5, 5.41) is 10.1. The van der Waals surface area contributed by atoms with Crippen molar-refractivity contribution in [1.82, 2.24) is 4.37 Å². The van der Waals surface area contributed by atoms with Crippen molar-refractivity contribution < 1.29 is 5.11 Å². The highest BCUT2D eigenvalue weighted by Crippen LogP contribution is 2.48. The predicted octanol–water partition coefficient (Wildman–Crippen LogP) is 1.81. The second kappa shape index (κ2) is 5.01. The Labute approximate surface area is 100 Å². The summed E-state index contributed by atoms with van der Waals surface area (Å²) in [6.07, 6.45) is 3.29. The van der Waals surface area contributed by atoms with E-state index in [2.05, 4.69) is 16.2 Å². The molecule has 0 aliphatic heterocycles. The van der Waals surface area contributed by atoms with E-state index in [0.717, 1.165) is 19.5 Å². The molecule has 3 N–H and O–H groups in total. The summed E-state index contributed by atoms with van der Waals surface area (Å²) >= 11 is 1.50. The number of aromatic nitrogens is 1. The van der Waals surface area contributed by atoms with Gasteiger partial charge in [0, 0.05) is 25.3 Å². The molecule has 2 rings (SSSR count). The molecule has 0 saturated heterocycles. The molecule has 1 aromatic heterocycles. The molecule has 1 aliphatic rings. The number of rotatable bonds is 6. The van der Waals surface area contributed by atoms with E-state index in [0.29, 0.717) is 11.7 Å². The Morgan fingerprint density at radius 3 is 2.88 bits per heavy atom. The molecule has 4 nitrogen and oxygen atoms in total. The molecule has 0 radical (unpaired) electrons. The number of nitrogen functional groups attached to an aromatic ring is 1. The molecule has 90 valence electrons. The molecule has 1 fully saturated rings. The fraction of sp³-hybridized carbons (Fsp3) is 0.727. The van der Waals surface area contributed by atoms with Gasteiger partial charge in [0.1, 0.15) is 10.8 Å². The third kappa shape index (κ3) is 2.30. The zero-order chi connectivity index (χ0) is 11.5. The zero-order valence-electron chi connectivity index (χ0n) is 9.65. The summed E-state index contributed by atoms with van der Waals surface area (Å²) in [5.41, 5.74) is 7.18. The molecule has 0 bridgehead atoms.